The highest BCUT2D eigenvalue weighted by Crippen LogP contribution is 2.34. The SMILES string of the molecule is CCC(CO)Nc1cc(Oc2c(C)cc(Cl)cc2C)nc(C)c1Cl. The molecule has 0 aliphatic heterocycles. The third-order valence-electron chi connectivity index (χ3n) is 3.80. The highest BCUT2D eigenvalue weighted by molar-refractivity contribution is 6.33. The Labute approximate surface area is 152 Å². The van der Waals surface area contributed by atoms with Crippen molar-refractivity contribution in [2.24, 2.45) is 0 Å². The summed E-state index contributed by atoms with van der Waals surface area (Å²) in [5.41, 5.74) is 3.23. The molecule has 1 unspecified atom stereocenters. The Morgan fingerprint density at radius 1 is 1.17 bits per heavy atom. The lowest BCUT2D eigenvalue weighted by Gasteiger charge is -2.19. The minimum absolute atomic E-state index is 0.0276. The molecule has 0 amide bonds. The van der Waals surface area contributed by atoms with E-state index in [1.54, 1.807) is 6.07 Å². The van der Waals surface area contributed by atoms with Gasteiger partial charge in [0.15, 0.2) is 0 Å². The molecule has 0 aliphatic rings. The minimum Gasteiger partial charge on any atom is -0.438 e. The number of nitrogens with zero attached hydrogens (tertiary/aromatic N) is 1. The summed E-state index contributed by atoms with van der Waals surface area (Å²) >= 11 is 12.4. The van der Waals surface area contributed by atoms with Crippen LogP contribution in [0.3, 0.4) is 0 Å². The maximum absolute atomic E-state index is 9.39. The van der Waals surface area contributed by atoms with Crippen molar-refractivity contribution in [2.75, 3.05) is 11.9 Å². The second-order valence-corrected chi connectivity index (χ2v) is 6.62. The van der Waals surface area contributed by atoms with Crippen molar-refractivity contribution < 1.29 is 9.84 Å². The molecule has 2 N–H and O–H groups in total. The number of pyridine rings is 1. The Balaban J connectivity index is 2.37. The maximum atomic E-state index is 9.39. The number of hydrogen-bond acceptors (Lipinski definition) is 4. The van der Waals surface area contributed by atoms with Crippen molar-refractivity contribution in [2.45, 2.75) is 40.2 Å². The van der Waals surface area contributed by atoms with Gasteiger partial charge in [-0.05, 0) is 50.5 Å². The number of anilines is 1. The molecule has 0 fully saturated rings. The van der Waals surface area contributed by atoms with E-state index in [-0.39, 0.29) is 12.6 Å². The molecule has 24 heavy (non-hydrogen) atoms. The summed E-state index contributed by atoms with van der Waals surface area (Å²) in [7, 11) is 0. The smallest absolute Gasteiger partial charge is 0.221 e. The molecule has 0 aliphatic carbocycles. The normalized spacial score (nSPS) is 12.1. The Morgan fingerprint density at radius 2 is 1.79 bits per heavy atom. The highest BCUT2D eigenvalue weighted by Gasteiger charge is 2.14. The first-order chi connectivity index (χ1) is 11.3. The predicted octanol–water partition coefficient (Wildman–Crippen LogP) is 5.29. The van der Waals surface area contributed by atoms with Crippen molar-refractivity contribution in [3.63, 3.8) is 0 Å². The summed E-state index contributed by atoms with van der Waals surface area (Å²) in [4.78, 5) is 4.40. The van der Waals surface area contributed by atoms with Gasteiger partial charge in [-0.15, -0.1) is 0 Å². The van der Waals surface area contributed by atoms with Gasteiger partial charge in [-0.25, -0.2) is 4.98 Å². The molecule has 130 valence electrons. The molecule has 2 aromatic rings. The van der Waals surface area contributed by atoms with Crippen LogP contribution in [0.15, 0.2) is 18.2 Å². The fourth-order valence-corrected chi connectivity index (χ4v) is 2.92. The number of aliphatic hydroxyl groups excluding tert-OH is 1. The molecule has 0 saturated carbocycles. The molecule has 1 aromatic heterocycles. The van der Waals surface area contributed by atoms with Crippen LogP contribution < -0.4 is 10.1 Å². The van der Waals surface area contributed by atoms with Gasteiger partial charge in [-0.3, -0.25) is 0 Å². The second-order valence-electron chi connectivity index (χ2n) is 5.81. The van der Waals surface area contributed by atoms with Crippen molar-refractivity contribution in [1.29, 1.82) is 0 Å². The number of benzene rings is 1. The van der Waals surface area contributed by atoms with Crippen LogP contribution in [0.1, 0.15) is 30.2 Å². The molecular weight excluding hydrogens is 347 g/mol. The monoisotopic (exact) mass is 368 g/mol. The molecule has 0 bridgehead atoms. The number of halogens is 2. The van der Waals surface area contributed by atoms with Gasteiger partial charge in [0.1, 0.15) is 5.75 Å². The number of rotatable bonds is 6. The molecule has 1 heterocycles. The Hall–Kier alpha value is -1.49. The number of hydrogen-bond donors (Lipinski definition) is 2. The average Bonchev–Trinajstić information content (AvgIpc) is 2.52. The number of aryl methyl sites for hydroxylation is 3. The molecule has 4 nitrogen and oxygen atoms in total. The molecule has 0 spiro atoms. The first kappa shape index (κ1) is 18.8. The summed E-state index contributed by atoms with van der Waals surface area (Å²) in [5, 5.41) is 13.8. The molecule has 1 atom stereocenters. The van der Waals surface area contributed by atoms with Gasteiger partial charge >= 0.3 is 0 Å². The van der Waals surface area contributed by atoms with E-state index in [9.17, 15) is 5.11 Å². The summed E-state index contributed by atoms with van der Waals surface area (Å²) in [6.07, 6.45) is 0.778. The largest absolute Gasteiger partial charge is 0.438 e. The van der Waals surface area contributed by atoms with E-state index in [1.165, 1.54) is 0 Å². The lowest BCUT2D eigenvalue weighted by atomic mass is 10.1. The van der Waals surface area contributed by atoms with Crippen LogP contribution in [0.25, 0.3) is 0 Å². The van der Waals surface area contributed by atoms with Crippen LogP contribution in [-0.2, 0) is 0 Å². The van der Waals surface area contributed by atoms with E-state index in [1.807, 2.05) is 39.8 Å². The average molecular weight is 369 g/mol. The molecule has 0 radical (unpaired) electrons. The lowest BCUT2D eigenvalue weighted by molar-refractivity contribution is 0.272. The zero-order valence-corrected chi connectivity index (χ0v) is 15.8. The number of aliphatic hydroxyl groups is 1. The highest BCUT2D eigenvalue weighted by atomic mass is 35.5. The molecule has 1 aromatic carbocycles. The molecule has 6 heteroatoms. The zero-order valence-electron chi connectivity index (χ0n) is 14.3. The van der Waals surface area contributed by atoms with E-state index in [2.05, 4.69) is 10.3 Å². The van der Waals surface area contributed by atoms with Crippen molar-refractivity contribution >= 4 is 28.9 Å². The van der Waals surface area contributed by atoms with Gasteiger partial charge < -0.3 is 15.2 Å². The summed E-state index contributed by atoms with van der Waals surface area (Å²) in [5.74, 6) is 1.18. The quantitative estimate of drug-likeness (QED) is 0.727. The van der Waals surface area contributed by atoms with E-state index in [4.69, 9.17) is 27.9 Å². The Bertz CT molecular complexity index is 708. The lowest BCUT2D eigenvalue weighted by Crippen LogP contribution is -2.23. The Morgan fingerprint density at radius 3 is 2.33 bits per heavy atom. The first-order valence-corrected chi connectivity index (χ1v) is 8.60. The van der Waals surface area contributed by atoms with Gasteiger partial charge in [0.05, 0.1) is 23.0 Å². The second kappa shape index (κ2) is 8.06. The number of ether oxygens (including phenoxy) is 1. The van der Waals surface area contributed by atoms with Gasteiger partial charge in [0.25, 0.3) is 0 Å². The van der Waals surface area contributed by atoms with E-state index < -0.39 is 0 Å². The first-order valence-electron chi connectivity index (χ1n) is 7.84. The van der Waals surface area contributed by atoms with Crippen LogP contribution in [0.4, 0.5) is 5.69 Å². The van der Waals surface area contributed by atoms with Gasteiger partial charge in [0.2, 0.25) is 5.88 Å². The van der Waals surface area contributed by atoms with E-state index >= 15 is 0 Å². The Kier molecular flexibility index (Phi) is 6.33. The standard InChI is InChI=1S/C18H22Cl2N2O2/c1-5-14(9-23)22-15-8-16(21-12(4)17(15)20)24-18-10(2)6-13(19)7-11(18)3/h6-8,14,23H,5,9H2,1-4H3,(H,21,22). The van der Waals surface area contributed by atoms with E-state index in [0.29, 0.717) is 27.3 Å². The summed E-state index contributed by atoms with van der Waals surface area (Å²) in [6.45, 7) is 7.72. The fraction of sp³-hybridized carbons (Fsp3) is 0.389. The van der Waals surface area contributed by atoms with Crippen molar-refractivity contribution in [3.05, 3.63) is 45.1 Å². The van der Waals surface area contributed by atoms with Crippen LogP contribution in [0.5, 0.6) is 11.6 Å². The van der Waals surface area contributed by atoms with Crippen LogP contribution in [0, 0.1) is 20.8 Å². The van der Waals surface area contributed by atoms with Crippen LogP contribution >= 0.6 is 23.2 Å². The van der Waals surface area contributed by atoms with E-state index in [0.717, 1.165) is 23.3 Å². The maximum Gasteiger partial charge on any atom is 0.221 e. The van der Waals surface area contributed by atoms with Gasteiger partial charge in [-0.2, -0.15) is 0 Å². The number of nitrogens with one attached hydrogen (secondary N) is 1. The molecular formula is C18H22Cl2N2O2. The van der Waals surface area contributed by atoms with Gasteiger partial charge in [0, 0.05) is 17.1 Å². The fourth-order valence-electron chi connectivity index (χ4n) is 2.45. The summed E-state index contributed by atoms with van der Waals surface area (Å²) in [6, 6.07) is 5.38. The minimum atomic E-state index is -0.0730. The third-order valence-corrected chi connectivity index (χ3v) is 4.50. The third kappa shape index (κ3) is 4.32. The number of aromatic nitrogens is 1. The van der Waals surface area contributed by atoms with Crippen molar-refractivity contribution in [1.82, 2.24) is 4.98 Å². The molecule has 2 rings (SSSR count). The predicted molar refractivity (Wildman–Crippen MR) is 99.8 cm³/mol. The topological polar surface area (TPSA) is 54.4 Å². The van der Waals surface area contributed by atoms with Crippen LogP contribution in [0.2, 0.25) is 10.0 Å². The zero-order chi connectivity index (χ0) is 17.9. The van der Waals surface area contributed by atoms with Gasteiger partial charge in [-0.1, -0.05) is 30.1 Å². The van der Waals surface area contributed by atoms with Crippen LogP contribution in [-0.4, -0.2) is 22.7 Å². The summed E-state index contributed by atoms with van der Waals surface area (Å²) < 4.78 is 5.99. The van der Waals surface area contributed by atoms with Crippen molar-refractivity contribution in [3.8, 4) is 11.6 Å². The molecule has 0 saturated heterocycles.